The zero-order valence-corrected chi connectivity index (χ0v) is 13.6. The lowest BCUT2D eigenvalue weighted by molar-refractivity contribution is 0.0688. The molecule has 2 aliphatic heterocycles. The number of hydrogen-bond acceptors (Lipinski definition) is 3. The van der Waals surface area contributed by atoms with E-state index in [1.165, 1.54) is 0 Å². The molecular formula is C18H17ClN2O2. The van der Waals surface area contributed by atoms with E-state index in [-0.39, 0.29) is 18.0 Å². The van der Waals surface area contributed by atoms with Crippen molar-refractivity contribution in [2.24, 2.45) is 0 Å². The molecule has 0 unspecified atom stereocenters. The smallest absolute Gasteiger partial charge is 0.260 e. The first-order valence-electron chi connectivity index (χ1n) is 7.87. The minimum absolute atomic E-state index is 0.00415. The van der Waals surface area contributed by atoms with Gasteiger partial charge in [-0.05, 0) is 32.3 Å². The van der Waals surface area contributed by atoms with Gasteiger partial charge in [-0.1, -0.05) is 47.1 Å². The zero-order valence-electron chi connectivity index (χ0n) is 12.8. The summed E-state index contributed by atoms with van der Waals surface area (Å²) < 4.78 is 5.33. The van der Waals surface area contributed by atoms with Crippen molar-refractivity contribution in [2.45, 2.75) is 38.3 Å². The minimum atomic E-state index is -0.00415. The summed E-state index contributed by atoms with van der Waals surface area (Å²) in [6.07, 6.45) is 7.32. The van der Waals surface area contributed by atoms with Crippen molar-refractivity contribution in [2.75, 3.05) is 0 Å². The lowest BCUT2D eigenvalue weighted by Gasteiger charge is -2.31. The van der Waals surface area contributed by atoms with Gasteiger partial charge in [0.05, 0.1) is 11.1 Å². The van der Waals surface area contributed by atoms with Gasteiger partial charge in [0, 0.05) is 11.6 Å². The van der Waals surface area contributed by atoms with Crippen molar-refractivity contribution in [3.8, 4) is 11.3 Å². The number of benzene rings is 1. The Labute approximate surface area is 139 Å². The zero-order chi connectivity index (χ0) is 16.0. The van der Waals surface area contributed by atoms with Crippen molar-refractivity contribution in [1.29, 1.82) is 0 Å². The molecule has 2 aliphatic rings. The molecule has 2 bridgehead atoms. The highest BCUT2D eigenvalue weighted by Gasteiger charge is 2.39. The van der Waals surface area contributed by atoms with Crippen LogP contribution in [0.25, 0.3) is 11.3 Å². The molecule has 1 amide bonds. The first-order valence-corrected chi connectivity index (χ1v) is 8.25. The summed E-state index contributed by atoms with van der Waals surface area (Å²) in [5.74, 6) is 0.536. The Kier molecular flexibility index (Phi) is 3.49. The first kappa shape index (κ1) is 14.5. The summed E-state index contributed by atoms with van der Waals surface area (Å²) in [4.78, 5) is 15.2. The third-order valence-corrected chi connectivity index (χ3v) is 5.08. The van der Waals surface area contributed by atoms with E-state index < -0.39 is 0 Å². The van der Waals surface area contributed by atoms with Gasteiger partial charge in [0.2, 0.25) is 0 Å². The van der Waals surface area contributed by atoms with Crippen molar-refractivity contribution >= 4 is 17.5 Å². The highest BCUT2D eigenvalue weighted by Crippen LogP contribution is 2.37. The van der Waals surface area contributed by atoms with Crippen LogP contribution < -0.4 is 0 Å². The number of rotatable bonds is 2. The molecule has 3 heterocycles. The molecule has 0 saturated carbocycles. The fourth-order valence-electron chi connectivity index (χ4n) is 3.63. The lowest BCUT2D eigenvalue weighted by Crippen LogP contribution is -2.42. The topological polar surface area (TPSA) is 46.3 Å². The van der Waals surface area contributed by atoms with Crippen molar-refractivity contribution in [3.63, 3.8) is 0 Å². The van der Waals surface area contributed by atoms with Gasteiger partial charge in [-0.25, -0.2) is 0 Å². The van der Waals surface area contributed by atoms with Crippen molar-refractivity contribution < 1.29 is 9.32 Å². The summed E-state index contributed by atoms with van der Waals surface area (Å²) in [5, 5.41) is 4.67. The molecule has 5 heteroatoms. The number of fused-ring (bicyclic) bond motifs is 2. The third kappa shape index (κ3) is 2.29. The van der Waals surface area contributed by atoms with Crippen LogP contribution in [0, 0.1) is 6.92 Å². The monoisotopic (exact) mass is 328 g/mol. The van der Waals surface area contributed by atoms with Crippen LogP contribution in [-0.4, -0.2) is 28.0 Å². The van der Waals surface area contributed by atoms with Gasteiger partial charge >= 0.3 is 0 Å². The summed E-state index contributed by atoms with van der Waals surface area (Å²) in [5.41, 5.74) is 1.80. The van der Waals surface area contributed by atoms with Crippen LogP contribution in [0.5, 0.6) is 0 Å². The average Bonchev–Trinajstić information content (AvgIpc) is 3.04. The number of carbonyl (C=O) groups is 1. The van der Waals surface area contributed by atoms with Gasteiger partial charge in [-0.2, -0.15) is 0 Å². The number of nitrogens with zero attached hydrogens (tertiary/aromatic N) is 2. The number of hydrogen-bond donors (Lipinski definition) is 0. The number of aryl methyl sites for hydroxylation is 1. The highest BCUT2D eigenvalue weighted by atomic mass is 35.5. The molecule has 23 heavy (non-hydrogen) atoms. The van der Waals surface area contributed by atoms with E-state index in [9.17, 15) is 4.79 Å². The number of aromatic nitrogens is 1. The maximum absolute atomic E-state index is 13.2. The van der Waals surface area contributed by atoms with Crippen LogP contribution in [0.3, 0.4) is 0 Å². The van der Waals surface area contributed by atoms with E-state index in [2.05, 4.69) is 17.3 Å². The fourth-order valence-corrected chi connectivity index (χ4v) is 3.86. The van der Waals surface area contributed by atoms with Crippen molar-refractivity contribution in [3.05, 3.63) is 52.8 Å². The fraction of sp³-hybridized carbons (Fsp3) is 0.333. The molecule has 4 nitrogen and oxygen atoms in total. The van der Waals surface area contributed by atoms with Crippen LogP contribution in [0.1, 0.15) is 35.4 Å². The summed E-state index contributed by atoms with van der Waals surface area (Å²) >= 11 is 6.28. The van der Waals surface area contributed by atoms with Gasteiger partial charge in [-0.3, -0.25) is 4.79 Å². The largest absolute Gasteiger partial charge is 0.360 e. The maximum atomic E-state index is 13.2. The number of halogens is 1. The Bertz CT molecular complexity index is 796. The molecule has 1 saturated heterocycles. The van der Waals surface area contributed by atoms with Crippen molar-refractivity contribution in [1.82, 2.24) is 10.1 Å². The second kappa shape index (κ2) is 5.53. The third-order valence-electron chi connectivity index (χ3n) is 4.75. The van der Waals surface area contributed by atoms with Gasteiger partial charge in [0.25, 0.3) is 5.91 Å². The summed E-state index contributed by atoms with van der Waals surface area (Å²) in [6.45, 7) is 1.78. The van der Waals surface area contributed by atoms with Crippen LogP contribution in [0.15, 0.2) is 40.9 Å². The molecular weight excluding hydrogens is 312 g/mol. The van der Waals surface area contributed by atoms with Gasteiger partial charge in [0.15, 0.2) is 0 Å². The van der Waals surface area contributed by atoms with Crippen LogP contribution >= 0.6 is 11.6 Å². The van der Waals surface area contributed by atoms with E-state index in [4.69, 9.17) is 16.1 Å². The number of amides is 1. The quantitative estimate of drug-likeness (QED) is 0.775. The normalized spacial score (nSPS) is 22.6. The molecule has 2 atom stereocenters. The molecule has 0 aliphatic carbocycles. The Morgan fingerprint density at radius 3 is 2.96 bits per heavy atom. The molecule has 0 spiro atoms. The molecule has 4 rings (SSSR count). The maximum Gasteiger partial charge on any atom is 0.260 e. The molecule has 0 radical (unpaired) electrons. The SMILES string of the molecule is Cc1onc(-c2ccccc2Cl)c1C(=O)N1[C@H]2CC=C[C@H]1CC2. The van der Waals surface area contributed by atoms with E-state index >= 15 is 0 Å². The van der Waals surface area contributed by atoms with Crippen LogP contribution in [-0.2, 0) is 0 Å². The number of carbonyl (C=O) groups excluding carboxylic acids is 1. The second-order valence-electron chi connectivity index (χ2n) is 6.12. The average molecular weight is 329 g/mol. The highest BCUT2D eigenvalue weighted by molar-refractivity contribution is 6.33. The molecule has 2 aromatic rings. The van der Waals surface area contributed by atoms with Gasteiger partial charge in [-0.15, -0.1) is 0 Å². The predicted octanol–water partition coefficient (Wildman–Crippen LogP) is 4.24. The molecule has 1 fully saturated rings. The Hall–Kier alpha value is -2.07. The second-order valence-corrected chi connectivity index (χ2v) is 6.52. The van der Waals surface area contributed by atoms with E-state index in [0.717, 1.165) is 24.8 Å². The summed E-state index contributed by atoms with van der Waals surface area (Å²) in [7, 11) is 0. The first-order chi connectivity index (χ1) is 11.2. The van der Waals surface area contributed by atoms with E-state index in [1.807, 2.05) is 23.1 Å². The van der Waals surface area contributed by atoms with E-state index in [1.54, 1.807) is 13.0 Å². The van der Waals surface area contributed by atoms with Crippen LogP contribution in [0.4, 0.5) is 0 Å². The summed E-state index contributed by atoms with van der Waals surface area (Å²) in [6, 6.07) is 7.87. The Morgan fingerprint density at radius 2 is 2.17 bits per heavy atom. The predicted molar refractivity (Wildman–Crippen MR) is 88.4 cm³/mol. The Morgan fingerprint density at radius 1 is 1.35 bits per heavy atom. The lowest BCUT2D eigenvalue weighted by atomic mass is 10.0. The standard InChI is InChI=1S/C18H17ClN2O2/c1-11-16(17(20-23-11)14-7-2-3-8-15(14)19)18(22)21-12-5-4-6-13(21)10-9-12/h2-5,7-8,12-13H,6,9-10H2,1H3/t12-,13-/m0/s1. The molecule has 1 aromatic carbocycles. The Balaban J connectivity index is 1.78. The van der Waals surface area contributed by atoms with Gasteiger partial charge in [0.1, 0.15) is 17.0 Å². The molecule has 0 N–H and O–H groups in total. The molecule has 118 valence electrons. The minimum Gasteiger partial charge on any atom is -0.360 e. The van der Waals surface area contributed by atoms with Crippen LogP contribution in [0.2, 0.25) is 5.02 Å². The van der Waals surface area contributed by atoms with Gasteiger partial charge < -0.3 is 9.42 Å². The molecule has 1 aromatic heterocycles. The van der Waals surface area contributed by atoms with E-state index in [0.29, 0.717) is 22.0 Å².